The second kappa shape index (κ2) is 8.35. The highest BCUT2D eigenvalue weighted by Crippen LogP contribution is 2.28. The van der Waals surface area contributed by atoms with Crippen LogP contribution in [0.3, 0.4) is 0 Å². The van der Waals surface area contributed by atoms with Crippen LogP contribution in [0.1, 0.15) is 20.3 Å². The Balaban J connectivity index is 2.51. The molecule has 0 unspecified atom stereocenters. The summed E-state index contributed by atoms with van der Waals surface area (Å²) in [6, 6.07) is 2.37. The fourth-order valence-corrected chi connectivity index (χ4v) is 1.96. The Kier molecular flexibility index (Phi) is 7.14. The Morgan fingerprint density at radius 1 is 1.45 bits per heavy atom. The molecule has 0 aromatic heterocycles. The highest BCUT2D eigenvalue weighted by Gasteiger charge is 2.17. The molecule has 0 bridgehead atoms. The van der Waals surface area contributed by atoms with Gasteiger partial charge in [-0.15, -0.1) is 0 Å². The number of halogens is 2. The summed E-state index contributed by atoms with van der Waals surface area (Å²) in [7, 11) is 0. The molecular formula is C13H18FIN2O3. The number of hydrogen-bond donors (Lipinski definition) is 1. The zero-order valence-electron chi connectivity index (χ0n) is 11.5. The quantitative estimate of drug-likeness (QED) is 0.314. The van der Waals surface area contributed by atoms with Crippen molar-refractivity contribution in [3.8, 4) is 0 Å². The summed E-state index contributed by atoms with van der Waals surface area (Å²) in [4.78, 5) is 10.4. The first-order chi connectivity index (χ1) is 9.41. The zero-order valence-corrected chi connectivity index (χ0v) is 13.6. The number of nitrogens with zero attached hydrogens (tertiary/aromatic N) is 1. The first kappa shape index (κ1) is 17.1. The third-order valence-corrected chi connectivity index (χ3v) is 3.46. The second-order valence-corrected chi connectivity index (χ2v) is 5.92. The van der Waals surface area contributed by atoms with Crippen molar-refractivity contribution in [1.82, 2.24) is 0 Å². The second-order valence-electron chi connectivity index (χ2n) is 4.76. The molecule has 5 nitrogen and oxygen atoms in total. The number of nitro benzene ring substituents is 1. The van der Waals surface area contributed by atoms with Crippen LogP contribution in [0.4, 0.5) is 15.8 Å². The van der Waals surface area contributed by atoms with Crippen LogP contribution in [0.5, 0.6) is 0 Å². The van der Waals surface area contributed by atoms with E-state index in [0.717, 1.165) is 12.5 Å². The van der Waals surface area contributed by atoms with Crippen LogP contribution in [-0.2, 0) is 4.74 Å². The molecule has 0 heterocycles. The standard InChI is InChI=1S/C13H18FIN2O3/c1-9(2)3-5-20-6-4-16-12-7-10(14)11(15)8-13(12)17(18)19/h7-9,16H,3-6H2,1-2H3. The summed E-state index contributed by atoms with van der Waals surface area (Å²) >= 11 is 1.73. The normalized spacial score (nSPS) is 10.8. The Morgan fingerprint density at radius 3 is 2.75 bits per heavy atom. The van der Waals surface area contributed by atoms with E-state index >= 15 is 0 Å². The molecule has 0 aliphatic carbocycles. The maximum Gasteiger partial charge on any atom is 0.293 e. The van der Waals surface area contributed by atoms with E-state index in [-0.39, 0.29) is 14.9 Å². The van der Waals surface area contributed by atoms with Gasteiger partial charge in [0.25, 0.3) is 5.69 Å². The van der Waals surface area contributed by atoms with Crippen molar-refractivity contribution in [2.45, 2.75) is 20.3 Å². The van der Waals surface area contributed by atoms with Crippen LogP contribution >= 0.6 is 22.6 Å². The van der Waals surface area contributed by atoms with Gasteiger partial charge in [0.2, 0.25) is 0 Å². The third-order valence-electron chi connectivity index (χ3n) is 2.64. The van der Waals surface area contributed by atoms with Crippen molar-refractivity contribution in [2.24, 2.45) is 5.92 Å². The lowest BCUT2D eigenvalue weighted by Crippen LogP contribution is -2.12. The van der Waals surface area contributed by atoms with Crippen molar-refractivity contribution >= 4 is 34.0 Å². The minimum atomic E-state index is -0.524. The van der Waals surface area contributed by atoms with Gasteiger partial charge in [-0.3, -0.25) is 10.1 Å². The molecule has 20 heavy (non-hydrogen) atoms. The topological polar surface area (TPSA) is 64.4 Å². The Labute approximate surface area is 131 Å². The molecule has 7 heteroatoms. The molecule has 1 aromatic rings. The van der Waals surface area contributed by atoms with Gasteiger partial charge in [0, 0.05) is 25.3 Å². The van der Waals surface area contributed by atoms with Gasteiger partial charge in [-0.2, -0.15) is 0 Å². The SMILES string of the molecule is CC(C)CCOCCNc1cc(F)c(I)cc1[N+](=O)[O-]. The van der Waals surface area contributed by atoms with E-state index in [1.165, 1.54) is 6.07 Å². The van der Waals surface area contributed by atoms with Gasteiger partial charge in [0.15, 0.2) is 0 Å². The predicted molar refractivity (Wildman–Crippen MR) is 84.5 cm³/mol. The molecule has 0 fully saturated rings. The minimum absolute atomic E-state index is 0.127. The fourth-order valence-electron chi connectivity index (χ4n) is 1.51. The number of rotatable bonds is 8. The third kappa shape index (κ3) is 5.58. The molecule has 0 aliphatic heterocycles. The molecule has 0 aliphatic rings. The summed E-state index contributed by atoms with van der Waals surface area (Å²) in [5.41, 5.74) is 0.0540. The summed E-state index contributed by atoms with van der Waals surface area (Å²) in [6.45, 7) is 5.71. The first-order valence-corrected chi connectivity index (χ1v) is 7.44. The van der Waals surface area contributed by atoms with Crippen LogP contribution in [0, 0.1) is 25.4 Å². The van der Waals surface area contributed by atoms with Gasteiger partial charge >= 0.3 is 0 Å². The van der Waals surface area contributed by atoms with Gasteiger partial charge in [-0.1, -0.05) is 13.8 Å². The summed E-state index contributed by atoms with van der Waals surface area (Å²) in [5.74, 6) is 0.105. The average molecular weight is 396 g/mol. The number of ether oxygens (including phenoxy) is 1. The van der Waals surface area contributed by atoms with E-state index < -0.39 is 10.7 Å². The highest BCUT2D eigenvalue weighted by molar-refractivity contribution is 14.1. The van der Waals surface area contributed by atoms with E-state index in [4.69, 9.17) is 4.74 Å². The Hall–Kier alpha value is -0.960. The van der Waals surface area contributed by atoms with Crippen molar-refractivity contribution in [3.05, 3.63) is 31.6 Å². The van der Waals surface area contributed by atoms with Gasteiger partial charge in [0.1, 0.15) is 11.5 Å². The minimum Gasteiger partial charge on any atom is -0.380 e. The summed E-state index contributed by atoms with van der Waals surface area (Å²) < 4.78 is 19.1. The molecule has 0 saturated carbocycles. The largest absolute Gasteiger partial charge is 0.380 e. The molecular weight excluding hydrogens is 378 g/mol. The van der Waals surface area contributed by atoms with E-state index in [2.05, 4.69) is 19.2 Å². The van der Waals surface area contributed by atoms with Gasteiger partial charge in [-0.25, -0.2) is 4.39 Å². The number of nitro groups is 1. The van der Waals surface area contributed by atoms with Crippen LogP contribution in [0.15, 0.2) is 12.1 Å². The number of nitrogens with one attached hydrogen (secondary N) is 1. The number of hydrogen-bond acceptors (Lipinski definition) is 4. The van der Waals surface area contributed by atoms with Crippen LogP contribution in [0.2, 0.25) is 0 Å². The van der Waals surface area contributed by atoms with Crippen molar-refractivity contribution in [3.63, 3.8) is 0 Å². The highest BCUT2D eigenvalue weighted by atomic mass is 127. The zero-order chi connectivity index (χ0) is 15.1. The molecule has 1 aromatic carbocycles. The smallest absolute Gasteiger partial charge is 0.293 e. The van der Waals surface area contributed by atoms with Crippen LogP contribution < -0.4 is 5.32 Å². The predicted octanol–water partition coefficient (Wildman–Crippen LogP) is 3.81. The van der Waals surface area contributed by atoms with Gasteiger partial charge in [-0.05, 0) is 34.9 Å². The Bertz CT molecular complexity index is 469. The molecule has 0 atom stereocenters. The lowest BCUT2D eigenvalue weighted by atomic mass is 10.1. The molecule has 1 N–H and O–H groups in total. The first-order valence-electron chi connectivity index (χ1n) is 6.37. The van der Waals surface area contributed by atoms with Crippen molar-refractivity contribution in [1.29, 1.82) is 0 Å². The maximum atomic E-state index is 13.4. The molecule has 0 saturated heterocycles. The monoisotopic (exact) mass is 396 g/mol. The van der Waals surface area contributed by atoms with Crippen LogP contribution in [0.25, 0.3) is 0 Å². The molecule has 1 rings (SSSR count). The summed E-state index contributed by atoms with van der Waals surface area (Å²) in [6.07, 6.45) is 0.971. The molecule has 0 radical (unpaired) electrons. The van der Waals surface area contributed by atoms with Crippen molar-refractivity contribution in [2.75, 3.05) is 25.1 Å². The summed E-state index contributed by atoms with van der Waals surface area (Å²) in [5, 5.41) is 13.7. The fraction of sp³-hybridized carbons (Fsp3) is 0.538. The van der Waals surface area contributed by atoms with E-state index in [1.807, 2.05) is 0 Å². The number of anilines is 1. The van der Waals surface area contributed by atoms with Crippen molar-refractivity contribution < 1.29 is 14.1 Å². The number of benzene rings is 1. The van der Waals surface area contributed by atoms with Gasteiger partial charge in [0.05, 0.1) is 15.1 Å². The van der Waals surface area contributed by atoms with E-state index in [0.29, 0.717) is 25.7 Å². The molecule has 112 valence electrons. The lowest BCUT2D eigenvalue weighted by molar-refractivity contribution is -0.384. The van der Waals surface area contributed by atoms with Crippen LogP contribution in [-0.4, -0.2) is 24.7 Å². The average Bonchev–Trinajstić information content (AvgIpc) is 2.36. The molecule has 0 amide bonds. The van der Waals surface area contributed by atoms with Gasteiger partial charge < -0.3 is 10.1 Å². The molecule has 0 spiro atoms. The Morgan fingerprint density at radius 2 is 2.15 bits per heavy atom. The van der Waals surface area contributed by atoms with E-state index in [9.17, 15) is 14.5 Å². The van der Waals surface area contributed by atoms with E-state index in [1.54, 1.807) is 22.6 Å². The lowest BCUT2D eigenvalue weighted by Gasteiger charge is -2.09. The maximum absolute atomic E-state index is 13.4.